The molecular weight excluding hydrogens is 459 g/mol. The minimum atomic E-state index is -0.242. The van der Waals surface area contributed by atoms with Gasteiger partial charge in [-0.1, -0.05) is 54.1 Å². The van der Waals surface area contributed by atoms with Gasteiger partial charge in [-0.15, -0.1) is 0 Å². The zero-order valence-electron chi connectivity index (χ0n) is 20.8. The van der Waals surface area contributed by atoms with Crippen LogP contribution in [0.1, 0.15) is 46.2 Å². The van der Waals surface area contributed by atoms with Gasteiger partial charge in [-0.3, -0.25) is 4.99 Å². The molecule has 0 bridgehead atoms. The van der Waals surface area contributed by atoms with Gasteiger partial charge in [0, 0.05) is 17.8 Å². The van der Waals surface area contributed by atoms with Gasteiger partial charge in [0.2, 0.25) is 0 Å². The molecule has 1 N–H and O–H groups in total. The van der Waals surface area contributed by atoms with Crippen molar-refractivity contribution in [2.75, 3.05) is 5.32 Å². The third-order valence-electron chi connectivity index (χ3n) is 7.33. The maximum absolute atomic E-state index is 13.0. The number of hydrogen-bond donors (Lipinski definition) is 1. The molecule has 0 amide bonds. The first-order valence-corrected chi connectivity index (χ1v) is 12.8. The summed E-state index contributed by atoms with van der Waals surface area (Å²) in [6.07, 6.45) is 7.68. The highest BCUT2D eigenvalue weighted by atomic mass is 19.1. The van der Waals surface area contributed by atoms with Crippen molar-refractivity contribution >= 4 is 17.6 Å². The molecule has 0 radical (unpaired) electrons. The Hall–Kier alpha value is -4.18. The van der Waals surface area contributed by atoms with Crippen LogP contribution in [0.25, 0.3) is 0 Å². The molecule has 3 nitrogen and oxygen atoms in total. The Balaban J connectivity index is 1.10. The van der Waals surface area contributed by atoms with Crippen molar-refractivity contribution in [3.8, 4) is 5.75 Å². The van der Waals surface area contributed by atoms with Crippen LogP contribution < -0.4 is 10.1 Å². The number of hydrogen-bond acceptors (Lipinski definition) is 3. The van der Waals surface area contributed by atoms with E-state index in [0.717, 1.165) is 29.0 Å². The quantitative estimate of drug-likeness (QED) is 0.219. The lowest BCUT2D eigenvalue weighted by Crippen LogP contribution is -2.29. The molecule has 0 unspecified atom stereocenters. The Morgan fingerprint density at radius 2 is 1.73 bits per heavy atom. The standard InChI is InChI=1S/C33H29FN2O/c1-22-5-18-32-31(19-22)29-3-2-4-30(29)33(36-32)25-10-14-27(15-11-25)35-20-23-8-16-28(17-9-23)37-21-24-6-12-26(34)13-7-24/h2-3,5-20,29-30,33,36H,4,21H2,1H3/t29-,30-,33-/m1/s1. The number of nitrogens with zero attached hydrogens (tertiary/aromatic N) is 1. The van der Waals surface area contributed by atoms with Crippen LogP contribution in [0.5, 0.6) is 5.75 Å². The van der Waals surface area contributed by atoms with Crippen molar-refractivity contribution in [2.24, 2.45) is 10.9 Å². The summed E-state index contributed by atoms with van der Waals surface area (Å²) in [5.74, 6) is 1.53. The van der Waals surface area contributed by atoms with Crippen LogP contribution in [-0.2, 0) is 6.61 Å². The molecule has 3 atom stereocenters. The van der Waals surface area contributed by atoms with Gasteiger partial charge in [0.05, 0.1) is 11.7 Å². The highest BCUT2D eigenvalue weighted by molar-refractivity contribution is 5.82. The predicted octanol–water partition coefficient (Wildman–Crippen LogP) is 8.29. The molecular formula is C33H29FN2O. The fourth-order valence-corrected chi connectivity index (χ4v) is 5.36. The van der Waals surface area contributed by atoms with E-state index in [1.807, 2.05) is 30.5 Å². The summed E-state index contributed by atoms with van der Waals surface area (Å²) in [6, 6.07) is 29.8. The van der Waals surface area contributed by atoms with Crippen molar-refractivity contribution < 1.29 is 9.13 Å². The van der Waals surface area contributed by atoms with Crippen molar-refractivity contribution in [2.45, 2.75) is 31.9 Å². The van der Waals surface area contributed by atoms with E-state index in [2.05, 4.69) is 71.8 Å². The highest BCUT2D eigenvalue weighted by Crippen LogP contribution is 2.50. The van der Waals surface area contributed by atoms with Gasteiger partial charge in [0.25, 0.3) is 0 Å². The first kappa shape index (κ1) is 23.2. The van der Waals surface area contributed by atoms with Gasteiger partial charge in [0.15, 0.2) is 0 Å². The van der Waals surface area contributed by atoms with Gasteiger partial charge in [0.1, 0.15) is 18.2 Å². The predicted molar refractivity (Wildman–Crippen MR) is 148 cm³/mol. The second kappa shape index (κ2) is 10.1. The monoisotopic (exact) mass is 488 g/mol. The number of aliphatic imine (C=N–C) groups is 1. The van der Waals surface area contributed by atoms with Crippen molar-refractivity contribution in [1.82, 2.24) is 0 Å². The number of fused-ring (bicyclic) bond motifs is 3. The first-order valence-electron chi connectivity index (χ1n) is 12.8. The molecule has 4 aromatic rings. The van der Waals surface area contributed by atoms with Crippen molar-refractivity contribution in [3.05, 3.63) is 137 Å². The number of nitrogens with one attached hydrogen (secondary N) is 1. The average molecular weight is 489 g/mol. The molecule has 0 saturated heterocycles. The Kier molecular flexibility index (Phi) is 6.32. The lowest BCUT2D eigenvalue weighted by Gasteiger charge is -2.37. The number of aryl methyl sites for hydroxylation is 1. The number of halogens is 1. The first-order chi connectivity index (χ1) is 18.1. The average Bonchev–Trinajstić information content (AvgIpc) is 3.43. The Bertz CT molecular complexity index is 1440. The molecule has 2 aliphatic rings. The second-order valence-electron chi connectivity index (χ2n) is 9.90. The van der Waals surface area contributed by atoms with Crippen LogP contribution in [0.2, 0.25) is 0 Å². The van der Waals surface area contributed by atoms with Crippen LogP contribution in [0.15, 0.2) is 108 Å². The zero-order chi connectivity index (χ0) is 25.2. The van der Waals surface area contributed by atoms with Crippen LogP contribution in [0, 0.1) is 18.7 Å². The van der Waals surface area contributed by atoms with E-state index in [-0.39, 0.29) is 11.9 Å². The summed E-state index contributed by atoms with van der Waals surface area (Å²) < 4.78 is 18.8. The minimum Gasteiger partial charge on any atom is -0.489 e. The molecule has 37 heavy (non-hydrogen) atoms. The maximum Gasteiger partial charge on any atom is 0.123 e. The summed E-state index contributed by atoms with van der Waals surface area (Å²) in [6.45, 7) is 2.57. The molecule has 0 fully saturated rings. The number of ether oxygens (including phenoxy) is 1. The van der Waals surface area contributed by atoms with E-state index in [1.54, 1.807) is 12.1 Å². The van der Waals surface area contributed by atoms with Gasteiger partial charge in [-0.2, -0.15) is 0 Å². The fourth-order valence-electron chi connectivity index (χ4n) is 5.36. The van der Waals surface area contributed by atoms with Gasteiger partial charge >= 0.3 is 0 Å². The van der Waals surface area contributed by atoms with Gasteiger partial charge < -0.3 is 10.1 Å². The summed E-state index contributed by atoms with van der Waals surface area (Å²) >= 11 is 0. The molecule has 4 aromatic carbocycles. The number of allylic oxidation sites excluding steroid dienone is 2. The zero-order valence-corrected chi connectivity index (χ0v) is 20.8. The fraction of sp³-hybridized carbons (Fsp3) is 0.182. The molecule has 4 heteroatoms. The third-order valence-corrected chi connectivity index (χ3v) is 7.33. The summed E-state index contributed by atoms with van der Waals surface area (Å²) in [4.78, 5) is 4.67. The van der Waals surface area contributed by atoms with Crippen molar-refractivity contribution in [3.63, 3.8) is 0 Å². The third kappa shape index (κ3) is 5.05. The molecule has 184 valence electrons. The maximum atomic E-state index is 13.0. The lowest BCUT2D eigenvalue weighted by atomic mass is 9.76. The topological polar surface area (TPSA) is 33.6 Å². The van der Waals surface area contributed by atoms with E-state index in [9.17, 15) is 4.39 Å². The SMILES string of the molecule is Cc1ccc2c(c1)[C@@H]1C=CC[C@H]1[C@@H](c1ccc(N=Cc3ccc(OCc4ccc(F)cc4)cc3)cc1)N2. The van der Waals surface area contributed by atoms with E-state index in [1.165, 1.54) is 34.5 Å². The molecule has 0 saturated carbocycles. The lowest BCUT2D eigenvalue weighted by molar-refractivity contribution is 0.306. The smallest absolute Gasteiger partial charge is 0.123 e. The molecule has 0 spiro atoms. The van der Waals surface area contributed by atoms with Gasteiger partial charge in [-0.05, 0) is 96.1 Å². The minimum absolute atomic E-state index is 0.242. The molecule has 6 rings (SSSR count). The van der Waals surface area contributed by atoms with Crippen LogP contribution >= 0.6 is 0 Å². The van der Waals surface area contributed by atoms with E-state index >= 15 is 0 Å². The Morgan fingerprint density at radius 3 is 2.51 bits per heavy atom. The summed E-state index contributed by atoms with van der Waals surface area (Å²) in [5, 5.41) is 3.81. The molecule has 1 aliphatic carbocycles. The normalized spacial score (nSPS) is 19.9. The summed E-state index contributed by atoms with van der Waals surface area (Å²) in [7, 11) is 0. The van der Waals surface area contributed by atoms with E-state index < -0.39 is 0 Å². The number of anilines is 1. The number of rotatable bonds is 6. The van der Waals surface area contributed by atoms with Crippen LogP contribution in [0.3, 0.4) is 0 Å². The van der Waals surface area contributed by atoms with Crippen LogP contribution in [0.4, 0.5) is 15.8 Å². The molecule has 1 heterocycles. The van der Waals surface area contributed by atoms with E-state index in [4.69, 9.17) is 4.74 Å². The Labute approximate surface area is 217 Å². The molecule has 0 aromatic heterocycles. The molecule has 1 aliphatic heterocycles. The Morgan fingerprint density at radius 1 is 0.946 bits per heavy atom. The van der Waals surface area contributed by atoms with E-state index in [0.29, 0.717) is 18.4 Å². The van der Waals surface area contributed by atoms with Crippen molar-refractivity contribution in [1.29, 1.82) is 0 Å². The highest BCUT2D eigenvalue weighted by Gasteiger charge is 2.37. The van der Waals surface area contributed by atoms with Gasteiger partial charge in [-0.25, -0.2) is 4.39 Å². The largest absolute Gasteiger partial charge is 0.489 e. The second-order valence-corrected chi connectivity index (χ2v) is 9.90. The number of benzene rings is 4. The van der Waals surface area contributed by atoms with Crippen LogP contribution in [-0.4, -0.2) is 6.21 Å². The summed E-state index contributed by atoms with van der Waals surface area (Å²) in [5.41, 5.74) is 8.13.